The summed E-state index contributed by atoms with van der Waals surface area (Å²) in [4.78, 5) is 0. The largest absolute Gasteiger partial charge is 0.370 e. The maximum Gasteiger partial charge on any atom is 0.115 e. The van der Waals surface area contributed by atoms with Crippen LogP contribution in [-0.4, -0.2) is 37.6 Å². The van der Waals surface area contributed by atoms with Crippen LogP contribution >= 0.6 is 16.3 Å². The second-order valence-corrected chi connectivity index (χ2v) is 12.5. The Kier molecular flexibility index (Phi) is 7.53. The quantitative estimate of drug-likeness (QED) is 0.321. The van der Waals surface area contributed by atoms with Gasteiger partial charge >= 0.3 is 0 Å². The number of rotatable bonds is 8. The lowest BCUT2D eigenvalue weighted by atomic mass is 10.1. The summed E-state index contributed by atoms with van der Waals surface area (Å²) < 4.78 is 26.2. The standard InChI is InChI=1S/C30H28O4P2/c1-5-13-23(14-6-1)35(24-15-7-2-8-16-24)33-27-21-31-30-28(22-32-29(27)30)34-36(25-17-9-3-10-18-25)26-19-11-4-12-20-26/h1-20,27-30H,21-22H2. The van der Waals surface area contributed by atoms with Crippen molar-refractivity contribution in [3.8, 4) is 0 Å². The van der Waals surface area contributed by atoms with Gasteiger partial charge in [0.15, 0.2) is 0 Å². The zero-order valence-corrected chi connectivity index (χ0v) is 21.6. The van der Waals surface area contributed by atoms with Crippen molar-refractivity contribution in [2.24, 2.45) is 0 Å². The van der Waals surface area contributed by atoms with Crippen LogP contribution in [0.15, 0.2) is 121 Å². The van der Waals surface area contributed by atoms with Crippen LogP contribution in [0.5, 0.6) is 0 Å². The third kappa shape index (κ3) is 5.17. The SMILES string of the molecule is c1ccc(P(OC2COC3C(OP(c4ccccc4)c4ccccc4)COC23)c2ccccc2)cc1. The Labute approximate surface area is 214 Å². The van der Waals surface area contributed by atoms with Gasteiger partial charge < -0.3 is 18.5 Å². The number of hydrogen-bond acceptors (Lipinski definition) is 4. The molecule has 0 radical (unpaired) electrons. The molecule has 6 heteroatoms. The van der Waals surface area contributed by atoms with Gasteiger partial charge in [-0.15, -0.1) is 0 Å². The van der Waals surface area contributed by atoms with Gasteiger partial charge in [0, 0.05) is 21.2 Å². The summed E-state index contributed by atoms with van der Waals surface area (Å²) in [6, 6.07) is 41.8. The molecule has 0 saturated carbocycles. The Morgan fingerprint density at radius 2 is 0.722 bits per heavy atom. The van der Waals surface area contributed by atoms with E-state index in [0.717, 1.165) is 0 Å². The molecule has 0 spiro atoms. The Morgan fingerprint density at radius 3 is 1.00 bits per heavy atom. The van der Waals surface area contributed by atoms with E-state index in [2.05, 4.69) is 97.1 Å². The molecule has 0 aliphatic carbocycles. The average Bonchev–Trinajstić information content (AvgIpc) is 3.55. The molecular weight excluding hydrogens is 486 g/mol. The lowest BCUT2D eigenvalue weighted by Gasteiger charge is -2.25. The van der Waals surface area contributed by atoms with Gasteiger partial charge in [0.05, 0.1) is 29.5 Å². The fourth-order valence-corrected chi connectivity index (χ4v) is 8.43. The van der Waals surface area contributed by atoms with Crippen LogP contribution in [-0.2, 0) is 18.5 Å². The minimum Gasteiger partial charge on any atom is -0.370 e. The average molecular weight is 514 g/mol. The lowest BCUT2D eigenvalue weighted by molar-refractivity contribution is 0.0266. The molecule has 182 valence electrons. The zero-order chi connectivity index (χ0) is 24.2. The van der Waals surface area contributed by atoms with E-state index in [1.54, 1.807) is 0 Å². The van der Waals surface area contributed by atoms with Crippen molar-refractivity contribution in [2.75, 3.05) is 13.2 Å². The molecule has 2 heterocycles. The van der Waals surface area contributed by atoms with E-state index < -0.39 is 16.3 Å². The Bertz CT molecular complexity index is 1050. The second-order valence-electron chi connectivity index (χ2n) is 8.81. The van der Waals surface area contributed by atoms with Crippen molar-refractivity contribution in [1.82, 2.24) is 0 Å². The summed E-state index contributed by atoms with van der Waals surface area (Å²) in [7, 11) is -1.97. The van der Waals surface area contributed by atoms with Crippen molar-refractivity contribution in [3.05, 3.63) is 121 Å². The van der Waals surface area contributed by atoms with Crippen LogP contribution in [0.4, 0.5) is 0 Å². The van der Waals surface area contributed by atoms with Crippen LogP contribution in [0.1, 0.15) is 0 Å². The molecule has 4 aromatic carbocycles. The normalized spacial score (nSPS) is 23.3. The van der Waals surface area contributed by atoms with Crippen LogP contribution in [0.3, 0.4) is 0 Å². The summed E-state index contributed by atoms with van der Waals surface area (Å²) in [5.41, 5.74) is 0. The predicted octanol–water partition coefficient (Wildman–Crippen LogP) is 4.65. The van der Waals surface area contributed by atoms with Gasteiger partial charge in [-0.2, -0.15) is 0 Å². The third-order valence-corrected chi connectivity index (χ3v) is 10.4. The first-order valence-electron chi connectivity index (χ1n) is 12.2. The van der Waals surface area contributed by atoms with Crippen LogP contribution in [0, 0.1) is 0 Å². The minimum atomic E-state index is -0.986. The second kappa shape index (κ2) is 11.3. The summed E-state index contributed by atoms with van der Waals surface area (Å²) in [6.45, 7) is 1.00. The fraction of sp³-hybridized carbons (Fsp3) is 0.200. The highest BCUT2D eigenvalue weighted by atomic mass is 31.1. The van der Waals surface area contributed by atoms with E-state index in [1.165, 1.54) is 21.2 Å². The van der Waals surface area contributed by atoms with Gasteiger partial charge in [-0.3, -0.25) is 0 Å². The molecule has 0 N–H and O–H groups in total. The van der Waals surface area contributed by atoms with Gasteiger partial charge in [-0.05, 0) is 0 Å². The number of ether oxygens (including phenoxy) is 2. The first-order valence-corrected chi connectivity index (χ1v) is 14.8. The molecule has 36 heavy (non-hydrogen) atoms. The lowest BCUT2D eigenvalue weighted by Crippen LogP contribution is -2.34. The van der Waals surface area contributed by atoms with Crippen molar-refractivity contribution in [2.45, 2.75) is 24.4 Å². The van der Waals surface area contributed by atoms with E-state index in [-0.39, 0.29) is 24.4 Å². The molecule has 4 aromatic rings. The van der Waals surface area contributed by atoms with Crippen LogP contribution in [0.2, 0.25) is 0 Å². The van der Waals surface area contributed by atoms with Crippen LogP contribution in [0.25, 0.3) is 0 Å². The van der Waals surface area contributed by atoms with E-state index in [4.69, 9.17) is 18.5 Å². The fourth-order valence-electron chi connectivity index (χ4n) is 4.68. The monoisotopic (exact) mass is 514 g/mol. The molecule has 4 nitrogen and oxygen atoms in total. The molecule has 0 bridgehead atoms. The molecule has 0 amide bonds. The third-order valence-electron chi connectivity index (χ3n) is 6.41. The molecule has 2 aliphatic heterocycles. The smallest absolute Gasteiger partial charge is 0.115 e. The summed E-state index contributed by atoms with van der Waals surface area (Å²) >= 11 is 0. The van der Waals surface area contributed by atoms with Crippen molar-refractivity contribution >= 4 is 37.5 Å². The van der Waals surface area contributed by atoms with Gasteiger partial charge in [0.2, 0.25) is 0 Å². The maximum atomic E-state index is 6.78. The van der Waals surface area contributed by atoms with E-state index in [0.29, 0.717) is 13.2 Å². The number of benzene rings is 4. The highest BCUT2D eigenvalue weighted by Crippen LogP contribution is 2.44. The van der Waals surface area contributed by atoms with Gasteiger partial charge in [0.25, 0.3) is 0 Å². The minimum absolute atomic E-state index is 0.143. The van der Waals surface area contributed by atoms with Crippen molar-refractivity contribution in [1.29, 1.82) is 0 Å². The first kappa shape index (κ1) is 23.9. The van der Waals surface area contributed by atoms with E-state index in [9.17, 15) is 0 Å². The van der Waals surface area contributed by atoms with Crippen molar-refractivity contribution < 1.29 is 18.5 Å². The summed E-state index contributed by atoms with van der Waals surface area (Å²) in [6.07, 6.45) is -0.573. The summed E-state index contributed by atoms with van der Waals surface area (Å²) in [5, 5.41) is 4.74. The van der Waals surface area contributed by atoms with Crippen molar-refractivity contribution in [3.63, 3.8) is 0 Å². The molecule has 2 saturated heterocycles. The molecule has 0 aromatic heterocycles. The van der Waals surface area contributed by atoms with E-state index >= 15 is 0 Å². The molecule has 4 atom stereocenters. The molecule has 2 fully saturated rings. The first-order chi connectivity index (χ1) is 17.9. The van der Waals surface area contributed by atoms with Gasteiger partial charge in [-0.25, -0.2) is 0 Å². The highest BCUT2D eigenvalue weighted by molar-refractivity contribution is 7.68. The number of hydrogen-bond donors (Lipinski definition) is 0. The molecular formula is C30H28O4P2. The van der Waals surface area contributed by atoms with E-state index in [1.807, 2.05) is 24.3 Å². The molecule has 6 rings (SSSR count). The maximum absolute atomic E-state index is 6.78. The Hall–Kier alpha value is -2.42. The summed E-state index contributed by atoms with van der Waals surface area (Å²) in [5.74, 6) is 0. The molecule has 2 aliphatic rings. The zero-order valence-electron chi connectivity index (χ0n) is 19.8. The van der Waals surface area contributed by atoms with Crippen LogP contribution < -0.4 is 21.2 Å². The topological polar surface area (TPSA) is 36.9 Å². The van der Waals surface area contributed by atoms with Gasteiger partial charge in [-0.1, -0.05) is 121 Å². The number of fused-ring (bicyclic) bond motifs is 1. The Balaban J connectivity index is 1.20. The highest BCUT2D eigenvalue weighted by Gasteiger charge is 2.50. The molecule has 4 unspecified atom stereocenters. The predicted molar refractivity (Wildman–Crippen MR) is 147 cm³/mol. The van der Waals surface area contributed by atoms with Gasteiger partial charge in [0.1, 0.15) is 24.4 Å². The Morgan fingerprint density at radius 1 is 0.444 bits per heavy atom.